The van der Waals surface area contributed by atoms with Crippen molar-refractivity contribution in [2.45, 2.75) is 12.6 Å². The van der Waals surface area contributed by atoms with Gasteiger partial charge < -0.3 is 9.64 Å². The van der Waals surface area contributed by atoms with E-state index in [-0.39, 0.29) is 31.8 Å². The normalized spacial score (nSPS) is 11.2. The van der Waals surface area contributed by atoms with E-state index in [1.165, 1.54) is 24.1 Å². The van der Waals surface area contributed by atoms with Gasteiger partial charge in [0.1, 0.15) is 0 Å². The van der Waals surface area contributed by atoms with E-state index in [0.717, 1.165) is 6.07 Å². The zero-order valence-electron chi connectivity index (χ0n) is 10.9. The topological polar surface area (TPSA) is 36.3 Å². The highest BCUT2D eigenvalue weighted by atomic mass is 79.9. The Kier molecular flexibility index (Phi) is 6.30. The Morgan fingerprint density at radius 1 is 1.35 bits per heavy atom. The molecule has 1 rings (SSSR count). The Hall–Kier alpha value is -1.26. The molecule has 0 unspecified atom stereocenters. The number of ether oxygens (including phenoxy) is 1. The zero-order chi connectivity index (χ0) is 15.2. The molecular weight excluding hydrogens is 337 g/mol. The molecule has 0 radical (unpaired) electrons. The van der Waals surface area contributed by atoms with Crippen LogP contribution < -0.4 is 4.90 Å². The highest BCUT2D eigenvalue weighted by Crippen LogP contribution is 2.38. The monoisotopic (exact) mass is 350 g/mol. The largest absolute Gasteiger partial charge is 0.418 e. The van der Waals surface area contributed by atoms with Crippen molar-refractivity contribution in [3.63, 3.8) is 0 Å². The third-order valence-corrected chi connectivity index (χ3v) is 3.16. The van der Waals surface area contributed by atoms with Crippen molar-refractivity contribution in [1.82, 2.24) is 0 Å². The lowest BCUT2D eigenvalue weighted by Gasteiger charge is -2.27. The average molecular weight is 351 g/mol. The summed E-state index contributed by atoms with van der Waals surface area (Å²) in [4.78, 5) is 1.51. The number of halogens is 4. The highest BCUT2D eigenvalue weighted by molar-refractivity contribution is 9.10. The number of anilines is 1. The summed E-state index contributed by atoms with van der Waals surface area (Å²) in [6, 6.07) is 5.74. The molecule has 0 saturated heterocycles. The minimum atomic E-state index is -4.44. The molecule has 0 bridgehead atoms. The van der Waals surface area contributed by atoms with Crippen LogP contribution in [-0.4, -0.2) is 26.8 Å². The molecule has 0 atom stereocenters. The van der Waals surface area contributed by atoms with Gasteiger partial charge in [0, 0.05) is 24.7 Å². The quantitative estimate of drug-likeness (QED) is 0.782. The Morgan fingerprint density at radius 2 is 2.05 bits per heavy atom. The second-order valence-electron chi connectivity index (χ2n) is 4.05. The SMILES string of the molecule is COCCN(CCC#N)c1cc(Br)ccc1C(F)(F)F. The molecule has 1 aromatic rings. The van der Waals surface area contributed by atoms with Crippen LogP contribution in [-0.2, 0) is 10.9 Å². The second kappa shape index (κ2) is 7.50. The molecule has 1 aromatic carbocycles. The summed E-state index contributed by atoms with van der Waals surface area (Å²) in [5.74, 6) is 0. The van der Waals surface area contributed by atoms with Gasteiger partial charge in [-0.2, -0.15) is 18.4 Å². The van der Waals surface area contributed by atoms with Gasteiger partial charge in [0.05, 0.1) is 30.3 Å². The number of nitriles is 1. The Morgan fingerprint density at radius 3 is 2.60 bits per heavy atom. The van der Waals surface area contributed by atoms with E-state index in [2.05, 4.69) is 15.9 Å². The molecule has 0 amide bonds. The second-order valence-corrected chi connectivity index (χ2v) is 4.96. The number of methoxy groups -OCH3 is 1. The van der Waals surface area contributed by atoms with Crippen molar-refractivity contribution in [1.29, 1.82) is 5.26 Å². The van der Waals surface area contributed by atoms with E-state index in [1.54, 1.807) is 0 Å². The lowest BCUT2D eigenvalue weighted by molar-refractivity contribution is -0.137. The molecule has 3 nitrogen and oxygen atoms in total. The lowest BCUT2D eigenvalue weighted by Crippen LogP contribution is -2.30. The van der Waals surface area contributed by atoms with Gasteiger partial charge >= 0.3 is 6.18 Å². The first kappa shape index (κ1) is 16.8. The van der Waals surface area contributed by atoms with Crippen LogP contribution in [0.15, 0.2) is 22.7 Å². The maximum Gasteiger partial charge on any atom is 0.418 e. The van der Waals surface area contributed by atoms with Crippen molar-refractivity contribution >= 4 is 21.6 Å². The van der Waals surface area contributed by atoms with Crippen LogP contribution in [0, 0.1) is 11.3 Å². The van der Waals surface area contributed by atoms with Crippen molar-refractivity contribution in [3.05, 3.63) is 28.2 Å². The molecule has 0 spiro atoms. The van der Waals surface area contributed by atoms with E-state index in [1.807, 2.05) is 6.07 Å². The highest BCUT2D eigenvalue weighted by Gasteiger charge is 2.34. The van der Waals surface area contributed by atoms with Gasteiger partial charge in [0.2, 0.25) is 0 Å². The summed E-state index contributed by atoms with van der Waals surface area (Å²) in [6.07, 6.45) is -4.29. The minimum absolute atomic E-state index is 0.0548. The van der Waals surface area contributed by atoms with Crippen LogP contribution in [0.4, 0.5) is 18.9 Å². The summed E-state index contributed by atoms with van der Waals surface area (Å²) in [7, 11) is 1.48. The van der Waals surface area contributed by atoms with Crippen molar-refractivity contribution < 1.29 is 17.9 Å². The number of nitrogens with zero attached hydrogens (tertiary/aromatic N) is 2. The van der Waals surface area contributed by atoms with E-state index in [4.69, 9.17) is 10.00 Å². The smallest absolute Gasteiger partial charge is 0.383 e. The first-order valence-electron chi connectivity index (χ1n) is 5.87. The van der Waals surface area contributed by atoms with Crippen LogP contribution >= 0.6 is 15.9 Å². The van der Waals surface area contributed by atoms with Crippen molar-refractivity contribution in [2.24, 2.45) is 0 Å². The molecule has 7 heteroatoms. The molecule has 110 valence electrons. The van der Waals surface area contributed by atoms with E-state index in [0.29, 0.717) is 4.47 Å². The number of alkyl halides is 3. The summed E-state index contributed by atoms with van der Waals surface area (Å²) < 4.78 is 44.6. The summed E-state index contributed by atoms with van der Waals surface area (Å²) >= 11 is 3.18. The molecule has 0 aliphatic carbocycles. The van der Waals surface area contributed by atoms with Crippen molar-refractivity contribution in [2.75, 3.05) is 31.7 Å². The van der Waals surface area contributed by atoms with Crippen LogP contribution in [0.2, 0.25) is 0 Å². The molecule has 0 aliphatic rings. The van der Waals surface area contributed by atoms with Gasteiger partial charge in [0.15, 0.2) is 0 Å². The number of benzene rings is 1. The molecule has 0 saturated carbocycles. The fourth-order valence-electron chi connectivity index (χ4n) is 1.75. The van der Waals surface area contributed by atoms with Gasteiger partial charge in [-0.05, 0) is 18.2 Å². The van der Waals surface area contributed by atoms with Crippen LogP contribution in [0.3, 0.4) is 0 Å². The number of hydrogen-bond acceptors (Lipinski definition) is 3. The lowest BCUT2D eigenvalue weighted by atomic mass is 10.1. The Bertz CT molecular complexity index is 485. The summed E-state index contributed by atoms with van der Waals surface area (Å²) in [5, 5.41) is 8.63. The summed E-state index contributed by atoms with van der Waals surface area (Å²) in [6.45, 7) is 0.798. The maximum atomic E-state index is 13.0. The molecule has 0 fully saturated rings. The van der Waals surface area contributed by atoms with Crippen LogP contribution in [0.25, 0.3) is 0 Å². The third-order valence-electron chi connectivity index (χ3n) is 2.66. The Labute approximate surface area is 124 Å². The standard InChI is InChI=1S/C13H14BrF3N2O/c1-20-8-7-19(6-2-5-18)12-9-10(14)3-4-11(12)13(15,16)17/h3-4,9H,2,6-8H2,1H3. The third kappa shape index (κ3) is 4.69. The van der Waals surface area contributed by atoms with Crippen LogP contribution in [0.5, 0.6) is 0 Å². The van der Waals surface area contributed by atoms with E-state index >= 15 is 0 Å². The molecule has 0 N–H and O–H groups in total. The fourth-order valence-corrected chi connectivity index (χ4v) is 2.09. The number of rotatable bonds is 6. The zero-order valence-corrected chi connectivity index (χ0v) is 12.5. The molecular formula is C13H14BrF3N2O. The van der Waals surface area contributed by atoms with Gasteiger partial charge in [0.25, 0.3) is 0 Å². The van der Waals surface area contributed by atoms with Gasteiger partial charge in [-0.25, -0.2) is 0 Å². The van der Waals surface area contributed by atoms with Crippen LogP contribution in [0.1, 0.15) is 12.0 Å². The van der Waals surface area contributed by atoms with E-state index in [9.17, 15) is 13.2 Å². The summed E-state index contributed by atoms with van der Waals surface area (Å²) in [5.41, 5.74) is -0.658. The van der Waals surface area contributed by atoms with Crippen molar-refractivity contribution in [3.8, 4) is 6.07 Å². The molecule has 20 heavy (non-hydrogen) atoms. The Balaban J connectivity index is 3.16. The molecule has 0 aliphatic heterocycles. The average Bonchev–Trinajstić information content (AvgIpc) is 2.37. The predicted molar refractivity (Wildman–Crippen MR) is 73.5 cm³/mol. The molecule has 0 heterocycles. The maximum absolute atomic E-state index is 13.0. The number of hydrogen-bond donors (Lipinski definition) is 0. The van der Waals surface area contributed by atoms with E-state index < -0.39 is 11.7 Å². The van der Waals surface area contributed by atoms with Gasteiger partial charge in [-0.3, -0.25) is 0 Å². The first-order chi connectivity index (χ1) is 9.40. The predicted octanol–water partition coefficient (Wildman–Crippen LogP) is 3.83. The van der Waals surface area contributed by atoms with Gasteiger partial charge in [-0.1, -0.05) is 15.9 Å². The molecule has 0 aromatic heterocycles. The minimum Gasteiger partial charge on any atom is -0.383 e. The van der Waals surface area contributed by atoms with Gasteiger partial charge in [-0.15, -0.1) is 0 Å². The first-order valence-corrected chi connectivity index (χ1v) is 6.67. The fraction of sp³-hybridized carbons (Fsp3) is 0.462.